The zero-order chi connectivity index (χ0) is 21.5. The molecule has 10 atom stereocenters. The molecule has 4 rings (SSSR count). The molecule has 0 spiro atoms. The van der Waals surface area contributed by atoms with Crippen LogP contribution < -0.4 is 0 Å². The molecule has 4 aliphatic rings. The van der Waals surface area contributed by atoms with Crippen LogP contribution in [0.1, 0.15) is 54.9 Å². The molecule has 2 N–H and O–H groups in total. The summed E-state index contributed by atoms with van der Waals surface area (Å²) in [5, 5.41) is 23.0. The van der Waals surface area contributed by atoms with Crippen molar-refractivity contribution in [3.05, 3.63) is 11.6 Å². The zero-order valence-corrected chi connectivity index (χ0v) is 18.9. The Morgan fingerprint density at radius 1 is 1.14 bits per heavy atom. The molecular weight excluding hydrogens is 368 g/mol. The van der Waals surface area contributed by atoms with E-state index in [2.05, 4.69) is 26.8 Å². The number of aliphatic hydroxyl groups excluding tert-OH is 1. The highest BCUT2D eigenvalue weighted by Gasteiger charge is 2.72. The molecule has 4 fully saturated rings. The summed E-state index contributed by atoms with van der Waals surface area (Å²) in [6, 6.07) is 0. The Labute approximate surface area is 174 Å². The zero-order valence-electron chi connectivity index (χ0n) is 18.9. The number of aliphatic hydroxyl groups is 2. The first kappa shape index (κ1) is 21.5. The Hall–Kier alpha value is -0.750. The maximum absolute atomic E-state index is 12.5. The minimum absolute atomic E-state index is 0.00387. The molecule has 1 saturated heterocycles. The van der Waals surface area contributed by atoms with Crippen LogP contribution in [0.15, 0.2) is 11.6 Å². The highest BCUT2D eigenvalue weighted by Crippen LogP contribution is 2.72. The number of rotatable bonds is 2. The lowest BCUT2D eigenvalue weighted by Crippen LogP contribution is -2.61. The van der Waals surface area contributed by atoms with Gasteiger partial charge in [0.15, 0.2) is 17.7 Å². The van der Waals surface area contributed by atoms with Crippen molar-refractivity contribution in [2.45, 2.75) is 78.5 Å². The number of allylic oxidation sites excluding steroid dienone is 1. The topological polar surface area (TPSA) is 76.0 Å². The Morgan fingerprint density at radius 2 is 1.79 bits per heavy atom. The smallest absolute Gasteiger partial charge is 0.163 e. The van der Waals surface area contributed by atoms with Gasteiger partial charge >= 0.3 is 0 Å². The van der Waals surface area contributed by atoms with Gasteiger partial charge < -0.3 is 24.5 Å². The molecule has 8 unspecified atom stereocenters. The average molecular weight is 407 g/mol. The Morgan fingerprint density at radius 3 is 2.38 bits per heavy atom. The normalized spacial score (nSPS) is 52.2. The van der Waals surface area contributed by atoms with Crippen LogP contribution in [0.25, 0.3) is 0 Å². The molecule has 5 heteroatoms. The van der Waals surface area contributed by atoms with Crippen LogP contribution in [0.3, 0.4) is 0 Å². The van der Waals surface area contributed by atoms with Gasteiger partial charge in [0.2, 0.25) is 0 Å². The third kappa shape index (κ3) is 3.07. The summed E-state index contributed by atoms with van der Waals surface area (Å²) in [6.45, 7) is 14.8. The molecule has 164 valence electrons. The van der Waals surface area contributed by atoms with E-state index in [9.17, 15) is 15.0 Å². The SMILES string of the molecule is CC(C)=CC1C2C(CC3COC(C)(C)OC3C1(O)C=O)[C@H]1C(C(O)[C@H]2C)C1(C)C. The number of hydrogen-bond donors (Lipinski definition) is 2. The molecular formula is C24H38O5. The summed E-state index contributed by atoms with van der Waals surface area (Å²) in [5.74, 6) is -0.231. The summed E-state index contributed by atoms with van der Waals surface area (Å²) in [5.41, 5.74) is -0.489. The van der Waals surface area contributed by atoms with Crippen molar-refractivity contribution in [2.24, 2.45) is 46.8 Å². The summed E-state index contributed by atoms with van der Waals surface area (Å²) >= 11 is 0. The van der Waals surface area contributed by atoms with E-state index in [-0.39, 0.29) is 35.0 Å². The first-order valence-electron chi connectivity index (χ1n) is 11.2. The van der Waals surface area contributed by atoms with E-state index >= 15 is 0 Å². The number of hydrogen-bond acceptors (Lipinski definition) is 5. The van der Waals surface area contributed by atoms with Crippen LogP contribution in [-0.2, 0) is 14.3 Å². The molecule has 0 bridgehead atoms. The van der Waals surface area contributed by atoms with E-state index in [1.54, 1.807) is 0 Å². The van der Waals surface area contributed by atoms with E-state index in [0.717, 1.165) is 12.0 Å². The van der Waals surface area contributed by atoms with Gasteiger partial charge in [-0.2, -0.15) is 0 Å². The number of ether oxygens (including phenoxy) is 2. The fourth-order valence-electron chi connectivity index (χ4n) is 7.36. The third-order valence-electron chi connectivity index (χ3n) is 8.63. The molecule has 3 saturated carbocycles. The number of carbonyl (C=O) groups is 1. The standard InChI is InChI=1S/C24H38O5/c1-12(2)8-16-17-13(3)20(26)19-18(22(19,4)5)15(17)9-14-10-28-23(6,7)29-21(14)24(16,27)11-25/h8,11,13-21,26-27H,9-10H2,1-7H3/t13-,14?,15?,16?,17?,18-,19?,20?,21?,24?/m0/s1. The van der Waals surface area contributed by atoms with Gasteiger partial charge in [0.05, 0.1) is 12.7 Å². The largest absolute Gasteiger partial charge is 0.393 e. The van der Waals surface area contributed by atoms with Crippen LogP contribution in [0.4, 0.5) is 0 Å². The molecule has 0 aromatic heterocycles. The van der Waals surface area contributed by atoms with Gasteiger partial charge in [0, 0.05) is 11.8 Å². The molecule has 0 aromatic carbocycles. The lowest BCUT2D eigenvalue weighted by Gasteiger charge is -2.48. The van der Waals surface area contributed by atoms with Crippen LogP contribution in [0.2, 0.25) is 0 Å². The predicted molar refractivity (Wildman–Crippen MR) is 110 cm³/mol. The maximum Gasteiger partial charge on any atom is 0.163 e. The van der Waals surface area contributed by atoms with E-state index < -0.39 is 23.6 Å². The van der Waals surface area contributed by atoms with Gasteiger partial charge in [-0.1, -0.05) is 32.4 Å². The van der Waals surface area contributed by atoms with E-state index in [1.165, 1.54) is 0 Å². The van der Waals surface area contributed by atoms with Crippen molar-refractivity contribution in [2.75, 3.05) is 6.61 Å². The summed E-state index contributed by atoms with van der Waals surface area (Å²) in [4.78, 5) is 12.5. The summed E-state index contributed by atoms with van der Waals surface area (Å²) < 4.78 is 12.2. The third-order valence-corrected chi connectivity index (χ3v) is 8.63. The average Bonchev–Trinajstić information content (AvgIpc) is 3.22. The lowest BCUT2D eigenvalue weighted by atomic mass is 9.62. The molecule has 1 heterocycles. The molecule has 0 amide bonds. The van der Waals surface area contributed by atoms with Crippen LogP contribution in [-0.4, -0.2) is 46.7 Å². The number of fused-ring (bicyclic) bond motifs is 4. The summed E-state index contributed by atoms with van der Waals surface area (Å²) in [6.07, 6.45) is 2.60. The van der Waals surface area contributed by atoms with Crippen LogP contribution >= 0.6 is 0 Å². The molecule has 0 aromatic rings. The molecule has 1 aliphatic heterocycles. The molecule has 5 nitrogen and oxygen atoms in total. The van der Waals surface area contributed by atoms with Gasteiger partial charge in [-0.05, 0) is 69.1 Å². The first-order valence-corrected chi connectivity index (χ1v) is 11.2. The monoisotopic (exact) mass is 406 g/mol. The molecule has 29 heavy (non-hydrogen) atoms. The van der Waals surface area contributed by atoms with Gasteiger partial charge in [-0.25, -0.2) is 0 Å². The first-order chi connectivity index (χ1) is 13.3. The minimum Gasteiger partial charge on any atom is -0.393 e. The Bertz CT molecular complexity index is 708. The second kappa shape index (κ2) is 6.62. The minimum atomic E-state index is -1.64. The highest BCUT2D eigenvalue weighted by atomic mass is 16.7. The van der Waals surface area contributed by atoms with Gasteiger partial charge in [0.1, 0.15) is 6.10 Å². The highest BCUT2D eigenvalue weighted by molar-refractivity contribution is 5.65. The van der Waals surface area contributed by atoms with E-state index in [0.29, 0.717) is 24.7 Å². The maximum atomic E-state index is 12.5. The van der Waals surface area contributed by atoms with E-state index in [4.69, 9.17) is 9.47 Å². The van der Waals surface area contributed by atoms with Gasteiger partial charge in [0.25, 0.3) is 0 Å². The molecule has 3 aliphatic carbocycles. The van der Waals surface area contributed by atoms with Crippen molar-refractivity contribution in [3.8, 4) is 0 Å². The van der Waals surface area contributed by atoms with Crippen molar-refractivity contribution < 1.29 is 24.5 Å². The van der Waals surface area contributed by atoms with Crippen molar-refractivity contribution in [1.29, 1.82) is 0 Å². The molecule has 0 radical (unpaired) electrons. The predicted octanol–water partition coefficient (Wildman–Crippen LogP) is 3.19. The number of aldehydes is 1. The van der Waals surface area contributed by atoms with Gasteiger partial charge in [-0.3, -0.25) is 0 Å². The second-order valence-electron chi connectivity index (χ2n) is 11.5. The fourth-order valence-corrected chi connectivity index (χ4v) is 7.36. The lowest BCUT2D eigenvalue weighted by molar-refractivity contribution is -0.320. The number of carbonyl (C=O) groups excluding carboxylic acids is 1. The second-order valence-corrected chi connectivity index (χ2v) is 11.5. The van der Waals surface area contributed by atoms with Crippen molar-refractivity contribution >= 4 is 6.29 Å². The summed E-state index contributed by atoms with van der Waals surface area (Å²) in [7, 11) is 0. The van der Waals surface area contributed by atoms with Crippen LogP contribution in [0.5, 0.6) is 0 Å². The Kier molecular flexibility index (Phi) is 4.91. The Balaban J connectivity index is 1.86. The quantitative estimate of drug-likeness (QED) is 0.544. The van der Waals surface area contributed by atoms with Crippen molar-refractivity contribution in [1.82, 2.24) is 0 Å². The van der Waals surface area contributed by atoms with Crippen LogP contribution in [0, 0.1) is 46.8 Å². The fraction of sp³-hybridized carbons (Fsp3) is 0.875. The van der Waals surface area contributed by atoms with Crippen molar-refractivity contribution in [3.63, 3.8) is 0 Å². The van der Waals surface area contributed by atoms with Gasteiger partial charge in [-0.15, -0.1) is 0 Å². The van der Waals surface area contributed by atoms with E-state index in [1.807, 2.05) is 27.7 Å².